The van der Waals surface area contributed by atoms with Crippen LogP contribution in [0.5, 0.6) is 0 Å². The number of pyridine rings is 1. The number of nitrogens with zero attached hydrogens (tertiary/aromatic N) is 2. The molecule has 3 aromatic rings. The summed E-state index contributed by atoms with van der Waals surface area (Å²) in [5.41, 5.74) is 2.98. The van der Waals surface area contributed by atoms with E-state index in [1.807, 2.05) is 18.3 Å². The molecule has 0 spiro atoms. The van der Waals surface area contributed by atoms with Crippen molar-refractivity contribution in [3.05, 3.63) is 69.4 Å². The van der Waals surface area contributed by atoms with Gasteiger partial charge in [-0.25, -0.2) is 4.39 Å². The number of rotatable bonds is 7. The van der Waals surface area contributed by atoms with E-state index in [1.165, 1.54) is 6.07 Å². The van der Waals surface area contributed by atoms with Crippen molar-refractivity contribution >= 4 is 16.7 Å². The van der Waals surface area contributed by atoms with E-state index in [9.17, 15) is 19.1 Å². The summed E-state index contributed by atoms with van der Waals surface area (Å²) >= 11 is 0. The summed E-state index contributed by atoms with van der Waals surface area (Å²) in [6.45, 7) is 7.31. The lowest BCUT2D eigenvalue weighted by atomic mass is 9.94. The summed E-state index contributed by atoms with van der Waals surface area (Å²) in [4.78, 5) is 28.1. The third-order valence-electron chi connectivity index (χ3n) is 7.19. The molecule has 1 atom stereocenters. The zero-order valence-electron chi connectivity index (χ0n) is 20.8. The average molecular weight is 493 g/mol. The van der Waals surface area contributed by atoms with Gasteiger partial charge in [-0.05, 0) is 78.6 Å². The summed E-state index contributed by atoms with van der Waals surface area (Å²) < 4.78 is 16.5. The Morgan fingerprint density at radius 2 is 2.03 bits per heavy atom. The lowest BCUT2D eigenvalue weighted by Crippen LogP contribution is -2.48. The molecule has 5 rings (SSSR count). The van der Waals surface area contributed by atoms with Crippen LogP contribution in [0.4, 0.5) is 4.39 Å². The van der Waals surface area contributed by atoms with Crippen LogP contribution in [0, 0.1) is 12.7 Å². The number of carbonyl (C=O) groups is 1. The van der Waals surface area contributed by atoms with E-state index in [2.05, 4.69) is 22.5 Å². The molecule has 8 heteroatoms. The van der Waals surface area contributed by atoms with Crippen LogP contribution < -0.4 is 16.2 Å². The molecule has 2 fully saturated rings. The first kappa shape index (κ1) is 24.6. The molecule has 0 unspecified atom stereocenters. The van der Waals surface area contributed by atoms with Crippen LogP contribution in [0.3, 0.4) is 0 Å². The summed E-state index contributed by atoms with van der Waals surface area (Å²) in [7, 11) is 0. The van der Waals surface area contributed by atoms with Gasteiger partial charge in [0.15, 0.2) is 0 Å². The summed E-state index contributed by atoms with van der Waals surface area (Å²) in [6.07, 6.45) is 3.75. The Labute approximate surface area is 209 Å². The van der Waals surface area contributed by atoms with Gasteiger partial charge < -0.3 is 20.3 Å². The molecule has 36 heavy (non-hydrogen) atoms. The molecule has 1 saturated heterocycles. The van der Waals surface area contributed by atoms with Gasteiger partial charge in [0.1, 0.15) is 5.82 Å². The van der Waals surface area contributed by atoms with Gasteiger partial charge in [0.25, 0.3) is 11.5 Å². The minimum absolute atomic E-state index is 0.123. The Morgan fingerprint density at radius 1 is 1.22 bits per heavy atom. The fourth-order valence-corrected chi connectivity index (χ4v) is 5.04. The number of fused-ring (bicyclic) bond motifs is 1. The van der Waals surface area contributed by atoms with Gasteiger partial charge in [-0.2, -0.15) is 0 Å². The van der Waals surface area contributed by atoms with Crippen molar-refractivity contribution in [3.63, 3.8) is 0 Å². The first-order valence-electron chi connectivity index (χ1n) is 12.7. The maximum atomic E-state index is 14.9. The maximum Gasteiger partial charge on any atom is 0.258 e. The summed E-state index contributed by atoms with van der Waals surface area (Å²) in [5.74, 6) is -0.694. The van der Waals surface area contributed by atoms with E-state index < -0.39 is 5.82 Å². The second kappa shape index (κ2) is 10.1. The number of nitrogens with one attached hydrogen (secondary N) is 2. The van der Waals surface area contributed by atoms with Gasteiger partial charge >= 0.3 is 0 Å². The largest absolute Gasteiger partial charge is 0.395 e. The smallest absolute Gasteiger partial charge is 0.258 e. The Kier molecular flexibility index (Phi) is 6.92. The number of carbonyl (C=O) groups excluding carboxylic acids is 1. The van der Waals surface area contributed by atoms with Crippen LogP contribution in [-0.2, 0) is 13.1 Å². The van der Waals surface area contributed by atoms with E-state index in [0.717, 1.165) is 49.0 Å². The minimum Gasteiger partial charge on any atom is -0.395 e. The Morgan fingerprint density at radius 3 is 2.75 bits per heavy atom. The van der Waals surface area contributed by atoms with E-state index in [-0.39, 0.29) is 30.7 Å². The zero-order valence-corrected chi connectivity index (χ0v) is 20.8. The Hall–Kier alpha value is -3.07. The van der Waals surface area contributed by atoms with Crippen molar-refractivity contribution in [3.8, 4) is 11.1 Å². The molecule has 1 aromatic heterocycles. The van der Waals surface area contributed by atoms with E-state index in [4.69, 9.17) is 0 Å². The van der Waals surface area contributed by atoms with Crippen LogP contribution in [0.25, 0.3) is 21.9 Å². The highest BCUT2D eigenvalue weighted by Gasteiger charge is 2.25. The number of aliphatic hydroxyl groups excluding tert-OH is 1. The molecular formula is C28H33FN4O3. The Bertz CT molecular complexity index is 1370. The molecular weight excluding hydrogens is 459 g/mol. The molecule has 0 bridgehead atoms. The molecule has 0 radical (unpaired) electrons. The standard InChI is InChI=1S/C28H33FN4O3/c1-17-14-32(8-7-30-17)15-21-16-33(9-10-34)28(36)23-6-3-19(11-25(21)23)24-12-20(13-26(29)18(24)2)27(35)31-22-4-5-22/h3,6,11-13,16-17,22,30,34H,4-5,7-10,14-15H2,1-2H3,(H,31,35)/t17-/m0/s1. The highest BCUT2D eigenvalue weighted by atomic mass is 19.1. The van der Waals surface area contributed by atoms with Gasteiger partial charge in [0.05, 0.1) is 6.61 Å². The number of benzene rings is 2. The van der Waals surface area contributed by atoms with Crippen molar-refractivity contribution in [2.75, 3.05) is 26.2 Å². The zero-order chi connectivity index (χ0) is 25.4. The quantitative estimate of drug-likeness (QED) is 0.472. The van der Waals surface area contributed by atoms with Crippen molar-refractivity contribution in [2.45, 2.75) is 51.9 Å². The van der Waals surface area contributed by atoms with Crippen molar-refractivity contribution in [2.24, 2.45) is 0 Å². The monoisotopic (exact) mass is 492 g/mol. The molecule has 2 heterocycles. The molecule has 1 saturated carbocycles. The van der Waals surface area contributed by atoms with Crippen LogP contribution in [0.15, 0.2) is 41.3 Å². The van der Waals surface area contributed by atoms with Crippen molar-refractivity contribution < 1.29 is 14.3 Å². The fraction of sp³-hybridized carbons (Fsp3) is 0.429. The summed E-state index contributed by atoms with van der Waals surface area (Å²) in [5, 5.41) is 17.2. The number of aliphatic hydroxyl groups is 1. The van der Waals surface area contributed by atoms with E-state index in [1.54, 1.807) is 23.6 Å². The molecule has 3 N–H and O–H groups in total. The van der Waals surface area contributed by atoms with Crippen LogP contribution in [0.2, 0.25) is 0 Å². The first-order chi connectivity index (χ1) is 17.3. The normalized spacial score (nSPS) is 18.5. The van der Waals surface area contributed by atoms with Crippen molar-refractivity contribution in [1.29, 1.82) is 0 Å². The predicted molar refractivity (Wildman–Crippen MR) is 139 cm³/mol. The third-order valence-corrected chi connectivity index (χ3v) is 7.19. The lowest BCUT2D eigenvalue weighted by Gasteiger charge is -2.32. The second-order valence-electron chi connectivity index (χ2n) is 10.1. The Balaban J connectivity index is 1.60. The number of amides is 1. The molecule has 190 valence electrons. The fourth-order valence-electron chi connectivity index (χ4n) is 5.04. The molecule has 2 aliphatic rings. The van der Waals surface area contributed by atoms with E-state index >= 15 is 0 Å². The molecule has 1 aliphatic carbocycles. The predicted octanol–water partition coefficient (Wildman–Crippen LogP) is 2.79. The summed E-state index contributed by atoms with van der Waals surface area (Å²) in [6, 6.07) is 9.11. The maximum absolute atomic E-state index is 14.9. The second-order valence-corrected chi connectivity index (χ2v) is 10.1. The number of hydrogen-bond donors (Lipinski definition) is 3. The third kappa shape index (κ3) is 5.07. The number of piperazine rings is 1. The average Bonchev–Trinajstić information content (AvgIpc) is 3.67. The van der Waals surface area contributed by atoms with Crippen LogP contribution in [0.1, 0.15) is 41.3 Å². The molecule has 7 nitrogen and oxygen atoms in total. The topological polar surface area (TPSA) is 86.6 Å². The molecule has 1 aliphatic heterocycles. The lowest BCUT2D eigenvalue weighted by molar-refractivity contribution is 0.0950. The molecule has 1 amide bonds. The highest BCUT2D eigenvalue weighted by molar-refractivity contribution is 5.97. The number of aromatic nitrogens is 1. The minimum atomic E-state index is -0.429. The van der Waals surface area contributed by atoms with Crippen LogP contribution in [-0.4, -0.2) is 58.8 Å². The van der Waals surface area contributed by atoms with E-state index in [0.29, 0.717) is 34.7 Å². The molecule has 2 aromatic carbocycles. The first-order valence-corrected chi connectivity index (χ1v) is 12.7. The van der Waals surface area contributed by atoms with Gasteiger partial charge in [-0.3, -0.25) is 14.5 Å². The highest BCUT2D eigenvalue weighted by Crippen LogP contribution is 2.31. The van der Waals surface area contributed by atoms with Gasteiger partial charge in [0, 0.05) is 62.0 Å². The van der Waals surface area contributed by atoms with Crippen LogP contribution >= 0.6 is 0 Å². The van der Waals surface area contributed by atoms with Gasteiger partial charge in [-0.15, -0.1) is 0 Å². The SMILES string of the molecule is Cc1c(F)cc(C(=O)NC2CC2)cc1-c1ccc2c(=O)n(CCO)cc(CN3CCN[C@@H](C)C3)c2c1. The number of hydrogen-bond acceptors (Lipinski definition) is 5. The van der Waals surface area contributed by atoms with Gasteiger partial charge in [-0.1, -0.05) is 6.07 Å². The number of halogens is 1. The van der Waals surface area contributed by atoms with Crippen molar-refractivity contribution in [1.82, 2.24) is 20.1 Å². The van der Waals surface area contributed by atoms with Gasteiger partial charge in [0.2, 0.25) is 0 Å².